The van der Waals surface area contributed by atoms with Gasteiger partial charge in [-0.1, -0.05) is 60.1 Å². The molecule has 0 aliphatic carbocycles. The molecule has 168 valence electrons. The Hall–Kier alpha value is -2.59. The van der Waals surface area contributed by atoms with Crippen molar-refractivity contribution in [2.45, 2.75) is 21.9 Å². The predicted octanol–water partition coefficient (Wildman–Crippen LogP) is 4.02. The Bertz CT molecular complexity index is 1390. The molecule has 0 saturated heterocycles. The Morgan fingerprint density at radius 3 is 2.22 bits per heavy atom. The fraction of sp³-hybridized carbons (Fsp3) is 0.182. The molecule has 0 saturated carbocycles. The van der Waals surface area contributed by atoms with Gasteiger partial charge in [-0.05, 0) is 42.3 Å². The molecule has 2 atom stereocenters. The number of anilines is 2. The maximum absolute atomic E-state index is 14.1. The molecule has 2 unspecified atom stereocenters. The molecule has 0 fully saturated rings. The van der Waals surface area contributed by atoms with Gasteiger partial charge < -0.3 is 10.6 Å². The van der Waals surface area contributed by atoms with Gasteiger partial charge in [0.15, 0.2) is 9.84 Å². The minimum atomic E-state index is -5.02. The van der Waals surface area contributed by atoms with Gasteiger partial charge in [-0.2, -0.15) is 8.42 Å². The summed E-state index contributed by atoms with van der Waals surface area (Å²) in [5, 5.41) is -1.63. The van der Waals surface area contributed by atoms with Gasteiger partial charge in [0.05, 0.1) is 15.6 Å². The lowest BCUT2D eigenvalue weighted by Gasteiger charge is -2.40. The number of fused-ring (bicyclic) bond motifs is 1. The van der Waals surface area contributed by atoms with E-state index in [4.69, 9.17) is 17.3 Å². The van der Waals surface area contributed by atoms with Crippen molar-refractivity contribution in [2.24, 2.45) is 0 Å². The first-order valence-corrected chi connectivity index (χ1v) is 13.1. The van der Waals surface area contributed by atoms with E-state index in [1.165, 1.54) is 35.2 Å². The van der Waals surface area contributed by atoms with Crippen molar-refractivity contribution in [1.82, 2.24) is 0 Å². The van der Waals surface area contributed by atoms with Crippen LogP contribution in [0.1, 0.15) is 23.3 Å². The minimum Gasteiger partial charge on any atom is -0.398 e. The van der Waals surface area contributed by atoms with E-state index in [-0.39, 0.29) is 33.3 Å². The third kappa shape index (κ3) is 3.11. The summed E-state index contributed by atoms with van der Waals surface area (Å²) in [6.07, 6.45) is 0. The summed E-state index contributed by atoms with van der Waals surface area (Å²) in [6.45, 7) is 1.83. The normalized spacial score (nSPS) is 20.8. The van der Waals surface area contributed by atoms with Crippen LogP contribution in [0.2, 0.25) is 5.02 Å². The summed E-state index contributed by atoms with van der Waals surface area (Å²) in [4.78, 5) is -1.08. The molecule has 3 aromatic rings. The molecule has 7 nitrogen and oxygen atoms in total. The zero-order valence-corrected chi connectivity index (χ0v) is 19.4. The highest BCUT2D eigenvalue weighted by Crippen LogP contribution is 2.59. The first-order chi connectivity index (χ1) is 15.1. The molecule has 0 amide bonds. The molecule has 0 bridgehead atoms. The lowest BCUT2D eigenvalue weighted by molar-refractivity contribution is 0.412. The average Bonchev–Trinajstić information content (AvgIpc) is 3.08. The van der Waals surface area contributed by atoms with E-state index < -0.39 is 30.1 Å². The van der Waals surface area contributed by atoms with Crippen molar-refractivity contribution in [3.63, 3.8) is 0 Å². The Labute approximate surface area is 192 Å². The second kappa shape index (κ2) is 7.77. The molecule has 32 heavy (non-hydrogen) atoms. The van der Waals surface area contributed by atoms with E-state index in [0.717, 1.165) is 0 Å². The van der Waals surface area contributed by atoms with Crippen LogP contribution < -0.4 is 10.6 Å². The molecule has 1 aliphatic rings. The van der Waals surface area contributed by atoms with Crippen LogP contribution in [0.5, 0.6) is 0 Å². The molecule has 0 radical (unpaired) electrons. The molecule has 1 aliphatic heterocycles. The van der Waals surface area contributed by atoms with Crippen LogP contribution in [-0.2, 0) is 24.8 Å². The van der Waals surface area contributed by atoms with E-state index in [1.54, 1.807) is 49.4 Å². The van der Waals surface area contributed by atoms with Crippen LogP contribution >= 0.6 is 11.6 Å². The number of likely N-dealkylation sites (N-methyl/N-ethyl adjacent to an activating group) is 1. The maximum Gasteiger partial charge on any atom is 0.295 e. The largest absolute Gasteiger partial charge is 0.398 e. The van der Waals surface area contributed by atoms with Gasteiger partial charge >= 0.3 is 0 Å². The topological polar surface area (TPSA) is 118 Å². The first kappa shape index (κ1) is 22.6. The van der Waals surface area contributed by atoms with Crippen LogP contribution in [0, 0.1) is 0 Å². The molecular formula is C22H21ClN2O5S2. The lowest BCUT2D eigenvalue weighted by Crippen LogP contribution is -2.53. The van der Waals surface area contributed by atoms with Gasteiger partial charge in [-0.15, -0.1) is 0 Å². The summed E-state index contributed by atoms with van der Waals surface area (Å²) in [5.74, 6) is 0. The second-order valence-electron chi connectivity index (χ2n) is 7.45. The van der Waals surface area contributed by atoms with E-state index in [9.17, 15) is 21.4 Å². The molecule has 0 spiro atoms. The number of nitrogens with two attached hydrogens (primary N) is 1. The zero-order valence-electron chi connectivity index (χ0n) is 17.0. The van der Waals surface area contributed by atoms with Crippen molar-refractivity contribution in [3.8, 4) is 0 Å². The quantitative estimate of drug-likeness (QED) is 0.408. The fourth-order valence-electron chi connectivity index (χ4n) is 4.50. The zero-order chi connectivity index (χ0) is 23.3. The van der Waals surface area contributed by atoms with Crippen molar-refractivity contribution in [1.29, 1.82) is 0 Å². The number of sulfone groups is 1. The number of benzene rings is 3. The van der Waals surface area contributed by atoms with Gasteiger partial charge in [0.2, 0.25) is 4.87 Å². The molecule has 10 heteroatoms. The van der Waals surface area contributed by atoms with E-state index in [2.05, 4.69) is 0 Å². The Kier molecular flexibility index (Phi) is 5.49. The monoisotopic (exact) mass is 492 g/mol. The van der Waals surface area contributed by atoms with Crippen LogP contribution in [0.4, 0.5) is 11.4 Å². The minimum absolute atomic E-state index is 0.0295. The van der Waals surface area contributed by atoms with E-state index >= 15 is 0 Å². The molecule has 0 aromatic heterocycles. The third-order valence-corrected chi connectivity index (χ3v) is 9.86. The molecule has 4 rings (SSSR count). The van der Waals surface area contributed by atoms with Crippen molar-refractivity contribution < 1.29 is 21.4 Å². The number of para-hydroxylation sites is 1. The van der Waals surface area contributed by atoms with Gasteiger partial charge in [0, 0.05) is 12.2 Å². The Balaban J connectivity index is 2.15. The summed E-state index contributed by atoms with van der Waals surface area (Å²) in [7, 11) is -9.41. The highest BCUT2D eigenvalue weighted by Gasteiger charge is 2.65. The molecule has 1 heterocycles. The Morgan fingerprint density at radius 2 is 1.62 bits per heavy atom. The maximum atomic E-state index is 14.1. The number of hydrogen-bond acceptors (Lipinski definition) is 6. The summed E-state index contributed by atoms with van der Waals surface area (Å²) in [6, 6.07) is 18.3. The van der Waals surface area contributed by atoms with Crippen LogP contribution in [0.3, 0.4) is 0 Å². The van der Waals surface area contributed by atoms with Crippen LogP contribution in [-0.4, -0.2) is 27.9 Å². The summed E-state index contributed by atoms with van der Waals surface area (Å²) < 4.78 is 65.2. The third-order valence-electron chi connectivity index (χ3n) is 5.77. The number of nitrogens with zero attached hydrogens (tertiary/aromatic N) is 1. The molecular weight excluding hydrogens is 472 g/mol. The number of rotatable bonds is 5. The predicted molar refractivity (Wildman–Crippen MR) is 125 cm³/mol. The fourth-order valence-corrected chi connectivity index (χ4v) is 8.85. The summed E-state index contributed by atoms with van der Waals surface area (Å²) in [5.41, 5.74) is 6.75. The van der Waals surface area contributed by atoms with Crippen molar-refractivity contribution in [3.05, 3.63) is 88.9 Å². The molecule has 3 aromatic carbocycles. The van der Waals surface area contributed by atoms with Gasteiger partial charge in [-0.3, -0.25) is 4.55 Å². The van der Waals surface area contributed by atoms with E-state index in [0.29, 0.717) is 5.69 Å². The first-order valence-electron chi connectivity index (χ1n) is 9.74. The highest BCUT2D eigenvalue weighted by molar-refractivity contribution is 7.94. The number of halogens is 1. The van der Waals surface area contributed by atoms with Crippen molar-refractivity contribution in [2.75, 3.05) is 17.2 Å². The average molecular weight is 493 g/mol. The highest BCUT2D eigenvalue weighted by atomic mass is 35.5. The molecule has 3 N–H and O–H groups in total. The standard InChI is InChI=1S/C22H21ClN2O5S2/c1-2-25-20-11-7-6-10-17(20)21(31(26,27)16-12-13-19(24)18(23)14-16)22(25,32(28,29)30)15-8-4-3-5-9-15/h3-14,21H,2,24H2,1H3,(H,28,29,30). The van der Waals surface area contributed by atoms with E-state index in [1.807, 2.05) is 0 Å². The van der Waals surface area contributed by atoms with Gasteiger partial charge in [0.25, 0.3) is 10.1 Å². The van der Waals surface area contributed by atoms with Gasteiger partial charge in [0.1, 0.15) is 5.25 Å². The lowest BCUT2D eigenvalue weighted by atomic mass is 10.0. The van der Waals surface area contributed by atoms with Crippen LogP contribution in [0.25, 0.3) is 0 Å². The Morgan fingerprint density at radius 1 is 1.00 bits per heavy atom. The number of nitrogen functional groups attached to an aromatic ring is 1. The van der Waals surface area contributed by atoms with Crippen molar-refractivity contribution >= 4 is 42.9 Å². The van der Waals surface area contributed by atoms with Gasteiger partial charge in [-0.25, -0.2) is 8.42 Å². The smallest absolute Gasteiger partial charge is 0.295 e. The summed E-state index contributed by atoms with van der Waals surface area (Å²) >= 11 is 6.09. The number of hydrogen-bond donors (Lipinski definition) is 2. The SMILES string of the molecule is CCN1c2ccccc2C(S(=O)(=O)c2ccc(N)c(Cl)c2)C1(c1ccccc1)S(=O)(=O)O. The van der Waals surface area contributed by atoms with Crippen LogP contribution in [0.15, 0.2) is 77.7 Å². The second-order valence-corrected chi connectivity index (χ2v) is 11.5.